The third-order valence-corrected chi connectivity index (χ3v) is 5.71. The molecule has 0 aromatic heterocycles. The van der Waals surface area contributed by atoms with Crippen molar-refractivity contribution in [1.29, 1.82) is 0 Å². The number of benzene rings is 3. The summed E-state index contributed by atoms with van der Waals surface area (Å²) in [6.45, 7) is 4.14. The molecule has 2 amide bonds. The van der Waals surface area contributed by atoms with Crippen molar-refractivity contribution >= 4 is 22.8 Å². The predicted molar refractivity (Wildman–Crippen MR) is 123 cm³/mol. The lowest BCUT2D eigenvalue weighted by Gasteiger charge is -2.36. The SMILES string of the molecule is CCOC(=O)C1=C(C)N(Cc2ccccc2)C(=O)N[C@H]1c1c(OC)ccc2ccccc12. The number of nitrogens with zero attached hydrogens (tertiary/aromatic N) is 1. The summed E-state index contributed by atoms with van der Waals surface area (Å²) in [5.41, 5.74) is 2.67. The maximum absolute atomic E-state index is 13.2. The van der Waals surface area contributed by atoms with Crippen LogP contribution in [0.2, 0.25) is 0 Å². The van der Waals surface area contributed by atoms with Crippen LogP contribution >= 0.6 is 0 Å². The summed E-state index contributed by atoms with van der Waals surface area (Å²) in [5.74, 6) is 0.142. The minimum atomic E-state index is -0.699. The van der Waals surface area contributed by atoms with Crippen LogP contribution in [0.25, 0.3) is 10.8 Å². The lowest BCUT2D eigenvalue weighted by molar-refractivity contribution is -0.139. The number of nitrogens with one attached hydrogen (secondary N) is 1. The number of urea groups is 1. The van der Waals surface area contributed by atoms with Gasteiger partial charge in [-0.1, -0.05) is 60.7 Å². The molecule has 0 fully saturated rings. The van der Waals surface area contributed by atoms with E-state index in [1.165, 1.54) is 0 Å². The van der Waals surface area contributed by atoms with E-state index < -0.39 is 12.0 Å². The van der Waals surface area contributed by atoms with Gasteiger partial charge in [0.2, 0.25) is 0 Å². The molecular formula is C26H26N2O4. The van der Waals surface area contributed by atoms with E-state index in [9.17, 15) is 9.59 Å². The fourth-order valence-corrected chi connectivity index (χ4v) is 4.18. The van der Waals surface area contributed by atoms with E-state index in [2.05, 4.69) is 5.32 Å². The molecule has 0 aliphatic carbocycles. The van der Waals surface area contributed by atoms with Crippen molar-refractivity contribution in [2.75, 3.05) is 13.7 Å². The zero-order chi connectivity index (χ0) is 22.7. The standard InChI is InChI=1S/C26H26N2O4/c1-4-32-25(29)22-17(2)28(16-18-10-6-5-7-11-18)26(30)27-24(22)23-20-13-9-8-12-19(20)14-15-21(23)31-3/h5-15,24H,4,16H2,1-3H3,(H,27,30)/t24-/m1/s1. The summed E-state index contributed by atoms with van der Waals surface area (Å²) in [6.07, 6.45) is 0. The first-order valence-electron chi connectivity index (χ1n) is 10.6. The quantitative estimate of drug-likeness (QED) is 0.562. The second-order valence-electron chi connectivity index (χ2n) is 7.58. The van der Waals surface area contributed by atoms with Gasteiger partial charge in [0.05, 0.1) is 31.9 Å². The Morgan fingerprint density at radius 1 is 1.03 bits per heavy atom. The maximum atomic E-state index is 13.2. The molecule has 1 atom stereocenters. The van der Waals surface area contributed by atoms with Crippen LogP contribution in [0.5, 0.6) is 5.75 Å². The van der Waals surface area contributed by atoms with Crippen molar-refractivity contribution in [3.63, 3.8) is 0 Å². The van der Waals surface area contributed by atoms with Crippen LogP contribution < -0.4 is 10.1 Å². The van der Waals surface area contributed by atoms with Gasteiger partial charge in [-0.25, -0.2) is 9.59 Å². The first kappa shape index (κ1) is 21.4. The Morgan fingerprint density at radius 2 is 1.75 bits per heavy atom. The van der Waals surface area contributed by atoms with E-state index >= 15 is 0 Å². The molecule has 1 heterocycles. The van der Waals surface area contributed by atoms with Gasteiger partial charge in [-0.2, -0.15) is 0 Å². The largest absolute Gasteiger partial charge is 0.496 e. The first-order valence-corrected chi connectivity index (χ1v) is 10.6. The molecule has 6 heteroatoms. The van der Waals surface area contributed by atoms with Crippen LogP contribution in [0.3, 0.4) is 0 Å². The number of carbonyl (C=O) groups excluding carboxylic acids is 2. The van der Waals surface area contributed by atoms with Gasteiger partial charge < -0.3 is 14.8 Å². The minimum absolute atomic E-state index is 0.238. The molecule has 6 nitrogen and oxygen atoms in total. The first-order chi connectivity index (χ1) is 15.5. The highest BCUT2D eigenvalue weighted by molar-refractivity contribution is 5.98. The average Bonchev–Trinajstić information content (AvgIpc) is 2.81. The summed E-state index contributed by atoms with van der Waals surface area (Å²) in [5, 5.41) is 4.93. The highest BCUT2D eigenvalue weighted by Gasteiger charge is 2.38. The fraction of sp³-hybridized carbons (Fsp3) is 0.231. The lowest BCUT2D eigenvalue weighted by Crippen LogP contribution is -2.47. The second-order valence-corrected chi connectivity index (χ2v) is 7.58. The van der Waals surface area contributed by atoms with Crippen LogP contribution in [0.1, 0.15) is 31.0 Å². The molecule has 0 bridgehead atoms. The van der Waals surface area contributed by atoms with Gasteiger partial charge >= 0.3 is 12.0 Å². The fourth-order valence-electron chi connectivity index (χ4n) is 4.18. The number of methoxy groups -OCH3 is 1. The van der Waals surface area contributed by atoms with Crippen LogP contribution in [0.4, 0.5) is 4.79 Å². The normalized spacial score (nSPS) is 16.2. The molecule has 0 unspecified atom stereocenters. The Balaban J connectivity index is 1.88. The maximum Gasteiger partial charge on any atom is 0.338 e. The monoisotopic (exact) mass is 430 g/mol. The van der Waals surface area contributed by atoms with E-state index in [4.69, 9.17) is 9.47 Å². The molecule has 3 aromatic rings. The van der Waals surface area contributed by atoms with Gasteiger partial charge in [0, 0.05) is 11.3 Å². The van der Waals surface area contributed by atoms with Gasteiger partial charge in [-0.3, -0.25) is 4.90 Å². The molecule has 1 aliphatic rings. The number of carbonyl (C=O) groups is 2. The zero-order valence-electron chi connectivity index (χ0n) is 18.4. The van der Waals surface area contributed by atoms with Crippen molar-refractivity contribution in [3.05, 3.63) is 89.1 Å². The number of fused-ring (bicyclic) bond motifs is 1. The topological polar surface area (TPSA) is 67.9 Å². The molecule has 0 saturated heterocycles. The van der Waals surface area contributed by atoms with Crippen LogP contribution in [-0.4, -0.2) is 30.6 Å². The Kier molecular flexibility index (Phi) is 6.12. The Bertz CT molecular complexity index is 1190. The van der Waals surface area contributed by atoms with E-state index in [0.29, 0.717) is 23.6 Å². The highest BCUT2D eigenvalue weighted by atomic mass is 16.5. The molecule has 0 saturated carbocycles. The van der Waals surface area contributed by atoms with E-state index in [1.807, 2.05) is 66.7 Å². The summed E-state index contributed by atoms with van der Waals surface area (Å²) in [4.78, 5) is 28.0. The van der Waals surface area contributed by atoms with Crippen molar-refractivity contribution in [3.8, 4) is 5.75 Å². The third kappa shape index (κ3) is 3.91. The summed E-state index contributed by atoms with van der Waals surface area (Å²) in [6, 6.07) is 20.4. The zero-order valence-corrected chi connectivity index (χ0v) is 18.4. The molecule has 0 radical (unpaired) electrons. The van der Waals surface area contributed by atoms with Crippen molar-refractivity contribution in [2.24, 2.45) is 0 Å². The van der Waals surface area contributed by atoms with Crippen molar-refractivity contribution in [1.82, 2.24) is 10.2 Å². The van der Waals surface area contributed by atoms with Gasteiger partial charge in [-0.15, -0.1) is 0 Å². The van der Waals surface area contributed by atoms with Gasteiger partial charge in [-0.05, 0) is 36.2 Å². The Labute approximate surface area is 187 Å². The molecule has 32 heavy (non-hydrogen) atoms. The Morgan fingerprint density at radius 3 is 2.47 bits per heavy atom. The van der Waals surface area contributed by atoms with Crippen molar-refractivity contribution in [2.45, 2.75) is 26.4 Å². The van der Waals surface area contributed by atoms with Crippen LogP contribution in [-0.2, 0) is 16.1 Å². The lowest BCUT2D eigenvalue weighted by atomic mass is 9.90. The van der Waals surface area contributed by atoms with E-state index in [1.54, 1.807) is 25.9 Å². The number of ether oxygens (including phenoxy) is 2. The molecule has 1 N–H and O–H groups in total. The van der Waals surface area contributed by atoms with Gasteiger partial charge in [0.25, 0.3) is 0 Å². The minimum Gasteiger partial charge on any atom is -0.496 e. The smallest absolute Gasteiger partial charge is 0.338 e. The van der Waals surface area contributed by atoms with Gasteiger partial charge in [0.15, 0.2) is 0 Å². The van der Waals surface area contributed by atoms with Crippen LogP contribution in [0, 0.1) is 0 Å². The van der Waals surface area contributed by atoms with Crippen molar-refractivity contribution < 1.29 is 19.1 Å². The van der Waals surface area contributed by atoms with Crippen LogP contribution in [0.15, 0.2) is 78.0 Å². The number of hydrogen-bond acceptors (Lipinski definition) is 4. The number of esters is 1. The Hall–Kier alpha value is -3.80. The third-order valence-electron chi connectivity index (χ3n) is 5.71. The van der Waals surface area contributed by atoms with Gasteiger partial charge in [0.1, 0.15) is 5.75 Å². The molecule has 0 spiro atoms. The molecular weight excluding hydrogens is 404 g/mol. The molecule has 4 rings (SSSR count). The number of rotatable bonds is 6. The average molecular weight is 431 g/mol. The number of hydrogen-bond donors (Lipinski definition) is 1. The number of amides is 2. The highest BCUT2D eigenvalue weighted by Crippen LogP contribution is 2.40. The van der Waals surface area contributed by atoms with E-state index in [0.717, 1.165) is 21.9 Å². The predicted octanol–water partition coefficient (Wildman–Crippen LogP) is 4.95. The summed E-state index contributed by atoms with van der Waals surface area (Å²) >= 11 is 0. The molecule has 3 aromatic carbocycles. The molecule has 164 valence electrons. The number of allylic oxidation sites excluding steroid dienone is 1. The summed E-state index contributed by atoms with van der Waals surface area (Å²) < 4.78 is 11.1. The van der Waals surface area contributed by atoms with E-state index in [-0.39, 0.29) is 12.6 Å². The molecule has 1 aliphatic heterocycles. The second kappa shape index (κ2) is 9.14. The summed E-state index contributed by atoms with van der Waals surface area (Å²) in [7, 11) is 1.58.